The zero-order valence-electron chi connectivity index (χ0n) is 13.8. The monoisotopic (exact) mass is 339 g/mol. The van der Waals surface area contributed by atoms with Gasteiger partial charge in [0.2, 0.25) is 0 Å². The standard InChI is InChI=1S/C18H17N3O4/c1-23-14-9-8-13(10-16(14)24-2)19-18(22)20-17-11-15(25-21-17)12-6-4-3-5-7-12/h3-11H,1-2H3,(H2,19,20,21,22). The van der Waals surface area contributed by atoms with Gasteiger partial charge in [-0.15, -0.1) is 0 Å². The summed E-state index contributed by atoms with van der Waals surface area (Å²) in [7, 11) is 3.08. The minimum absolute atomic E-state index is 0.317. The van der Waals surface area contributed by atoms with Crippen molar-refractivity contribution in [1.82, 2.24) is 5.16 Å². The molecule has 0 aliphatic heterocycles. The fourth-order valence-electron chi connectivity index (χ4n) is 2.27. The molecule has 0 aliphatic rings. The number of aromatic nitrogens is 1. The molecule has 2 N–H and O–H groups in total. The molecule has 1 aromatic heterocycles. The largest absolute Gasteiger partial charge is 0.493 e. The van der Waals surface area contributed by atoms with Crippen molar-refractivity contribution < 1.29 is 18.8 Å². The second kappa shape index (κ2) is 7.39. The van der Waals surface area contributed by atoms with Crippen molar-refractivity contribution in [3.05, 3.63) is 54.6 Å². The van der Waals surface area contributed by atoms with E-state index in [1.54, 1.807) is 31.4 Å². The normalized spacial score (nSPS) is 10.2. The van der Waals surface area contributed by atoms with Crippen LogP contribution < -0.4 is 20.1 Å². The SMILES string of the molecule is COc1ccc(NC(=O)Nc2cc(-c3ccccc3)on2)cc1OC. The number of nitrogens with zero attached hydrogens (tertiary/aromatic N) is 1. The lowest BCUT2D eigenvalue weighted by atomic mass is 10.2. The third-order valence-corrected chi connectivity index (χ3v) is 3.45. The van der Waals surface area contributed by atoms with E-state index in [9.17, 15) is 4.79 Å². The third kappa shape index (κ3) is 3.89. The molecule has 0 radical (unpaired) electrons. The number of amides is 2. The fraction of sp³-hybridized carbons (Fsp3) is 0.111. The van der Waals surface area contributed by atoms with Crippen molar-refractivity contribution in [2.24, 2.45) is 0 Å². The van der Waals surface area contributed by atoms with Crippen LogP contribution in [0.2, 0.25) is 0 Å². The summed E-state index contributed by atoms with van der Waals surface area (Å²) in [6.07, 6.45) is 0. The Morgan fingerprint density at radius 1 is 0.960 bits per heavy atom. The first-order valence-corrected chi connectivity index (χ1v) is 7.52. The van der Waals surface area contributed by atoms with Gasteiger partial charge in [-0.3, -0.25) is 5.32 Å². The Balaban J connectivity index is 1.66. The first-order valence-electron chi connectivity index (χ1n) is 7.52. The summed E-state index contributed by atoms with van der Waals surface area (Å²) in [5.74, 6) is 1.99. The molecule has 3 rings (SSSR count). The molecule has 25 heavy (non-hydrogen) atoms. The predicted molar refractivity (Wildman–Crippen MR) is 94.1 cm³/mol. The number of rotatable bonds is 5. The number of anilines is 2. The van der Waals surface area contributed by atoms with Gasteiger partial charge in [0, 0.05) is 23.4 Å². The second-order valence-corrected chi connectivity index (χ2v) is 5.09. The van der Waals surface area contributed by atoms with E-state index in [-0.39, 0.29) is 0 Å². The maximum absolute atomic E-state index is 12.1. The summed E-state index contributed by atoms with van der Waals surface area (Å²) >= 11 is 0. The molecule has 2 aromatic carbocycles. The van der Waals surface area contributed by atoms with Crippen molar-refractivity contribution >= 4 is 17.5 Å². The highest BCUT2D eigenvalue weighted by Crippen LogP contribution is 2.29. The number of carbonyl (C=O) groups is 1. The van der Waals surface area contributed by atoms with E-state index in [2.05, 4.69) is 15.8 Å². The van der Waals surface area contributed by atoms with E-state index >= 15 is 0 Å². The minimum atomic E-state index is -0.444. The highest BCUT2D eigenvalue weighted by Gasteiger charge is 2.11. The maximum Gasteiger partial charge on any atom is 0.324 e. The smallest absolute Gasteiger partial charge is 0.324 e. The lowest BCUT2D eigenvalue weighted by Crippen LogP contribution is -2.19. The molecule has 0 atom stereocenters. The first kappa shape index (κ1) is 16.4. The van der Waals surface area contributed by atoms with E-state index < -0.39 is 6.03 Å². The quantitative estimate of drug-likeness (QED) is 0.734. The maximum atomic E-state index is 12.1. The lowest BCUT2D eigenvalue weighted by Gasteiger charge is -2.10. The molecule has 128 valence electrons. The molecule has 2 amide bonds. The fourth-order valence-corrected chi connectivity index (χ4v) is 2.27. The number of ether oxygens (including phenoxy) is 2. The van der Waals surface area contributed by atoms with Crippen molar-refractivity contribution in [2.75, 3.05) is 24.9 Å². The van der Waals surface area contributed by atoms with Gasteiger partial charge in [-0.2, -0.15) is 0 Å². The van der Waals surface area contributed by atoms with Crippen molar-refractivity contribution in [3.63, 3.8) is 0 Å². The van der Waals surface area contributed by atoms with E-state index in [0.29, 0.717) is 28.8 Å². The van der Waals surface area contributed by atoms with Gasteiger partial charge >= 0.3 is 6.03 Å². The molecule has 0 saturated carbocycles. The molecular weight excluding hydrogens is 322 g/mol. The van der Waals surface area contributed by atoms with Gasteiger partial charge in [0.15, 0.2) is 23.1 Å². The molecule has 0 saturated heterocycles. The topological polar surface area (TPSA) is 85.6 Å². The average molecular weight is 339 g/mol. The zero-order chi connectivity index (χ0) is 17.6. The van der Waals surface area contributed by atoms with Crippen LogP contribution in [-0.4, -0.2) is 25.4 Å². The van der Waals surface area contributed by atoms with E-state index in [4.69, 9.17) is 14.0 Å². The zero-order valence-corrected chi connectivity index (χ0v) is 13.8. The van der Waals surface area contributed by atoms with Crippen molar-refractivity contribution in [3.8, 4) is 22.8 Å². The van der Waals surface area contributed by atoms with Crippen LogP contribution in [0.1, 0.15) is 0 Å². The van der Waals surface area contributed by atoms with Crippen LogP contribution in [0.5, 0.6) is 11.5 Å². The number of methoxy groups -OCH3 is 2. The Morgan fingerprint density at radius 2 is 1.72 bits per heavy atom. The van der Waals surface area contributed by atoms with E-state index in [0.717, 1.165) is 5.56 Å². The van der Waals surface area contributed by atoms with Gasteiger partial charge in [-0.1, -0.05) is 35.5 Å². The number of urea groups is 1. The Bertz CT molecular complexity index is 862. The number of nitrogens with one attached hydrogen (secondary N) is 2. The molecule has 1 heterocycles. The Labute approximate surface area is 144 Å². The van der Waals surface area contributed by atoms with Crippen LogP contribution >= 0.6 is 0 Å². The van der Waals surface area contributed by atoms with Crippen LogP contribution in [0, 0.1) is 0 Å². The summed E-state index contributed by atoms with van der Waals surface area (Å²) in [6, 6.07) is 15.8. The molecule has 0 unspecified atom stereocenters. The van der Waals surface area contributed by atoms with E-state index in [1.807, 2.05) is 30.3 Å². The van der Waals surface area contributed by atoms with Gasteiger partial charge in [0.1, 0.15) is 0 Å². The molecule has 3 aromatic rings. The highest BCUT2D eigenvalue weighted by molar-refractivity contribution is 5.99. The number of hydrogen-bond acceptors (Lipinski definition) is 5. The number of carbonyl (C=O) groups excluding carboxylic acids is 1. The molecule has 7 nitrogen and oxygen atoms in total. The molecule has 0 aliphatic carbocycles. The third-order valence-electron chi connectivity index (χ3n) is 3.45. The molecule has 7 heteroatoms. The van der Waals surface area contributed by atoms with Crippen LogP contribution in [0.15, 0.2) is 59.1 Å². The van der Waals surface area contributed by atoms with Crippen LogP contribution in [0.4, 0.5) is 16.3 Å². The molecule has 0 fully saturated rings. The average Bonchev–Trinajstić information content (AvgIpc) is 3.10. The Kier molecular flexibility index (Phi) is 4.84. The van der Waals surface area contributed by atoms with Gasteiger partial charge in [0.05, 0.1) is 14.2 Å². The van der Waals surface area contributed by atoms with Crippen LogP contribution in [0.25, 0.3) is 11.3 Å². The Hall–Kier alpha value is -3.48. The highest BCUT2D eigenvalue weighted by atomic mass is 16.5. The van der Waals surface area contributed by atoms with Crippen LogP contribution in [0.3, 0.4) is 0 Å². The summed E-state index contributed by atoms with van der Waals surface area (Å²) in [5.41, 5.74) is 1.44. The number of benzene rings is 2. The van der Waals surface area contributed by atoms with Crippen molar-refractivity contribution in [2.45, 2.75) is 0 Å². The molecular formula is C18H17N3O4. The van der Waals surface area contributed by atoms with Crippen molar-refractivity contribution in [1.29, 1.82) is 0 Å². The van der Waals surface area contributed by atoms with Gasteiger partial charge in [-0.05, 0) is 12.1 Å². The van der Waals surface area contributed by atoms with Gasteiger partial charge in [0.25, 0.3) is 0 Å². The van der Waals surface area contributed by atoms with Crippen LogP contribution in [-0.2, 0) is 0 Å². The lowest BCUT2D eigenvalue weighted by molar-refractivity contribution is 0.262. The number of hydrogen-bond donors (Lipinski definition) is 2. The van der Waals surface area contributed by atoms with Gasteiger partial charge < -0.3 is 19.3 Å². The summed E-state index contributed by atoms with van der Waals surface area (Å²) in [4.78, 5) is 12.1. The summed E-state index contributed by atoms with van der Waals surface area (Å²) < 4.78 is 15.6. The molecule has 0 bridgehead atoms. The minimum Gasteiger partial charge on any atom is -0.493 e. The summed E-state index contributed by atoms with van der Waals surface area (Å²) in [5, 5.41) is 9.16. The first-order chi connectivity index (χ1) is 12.2. The second-order valence-electron chi connectivity index (χ2n) is 5.09. The predicted octanol–water partition coefficient (Wildman–Crippen LogP) is 4.00. The van der Waals surface area contributed by atoms with E-state index in [1.165, 1.54) is 7.11 Å². The Morgan fingerprint density at radius 3 is 2.44 bits per heavy atom. The summed E-state index contributed by atoms with van der Waals surface area (Å²) in [6.45, 7) is 0. The van der Waals surface area contributed by atoms with Gasteiger partial charge in [-0.25, -0.2) is 4.79 Å². The molecule has 0 spiro atoms.